The summed E-state index contributed by atoms with van der Waals surface area (Å²) in [5, 5.41) is 5.39. The van der Waals surface area contributed by atoms with Crippen LogP contribution in [0.2, 0.25) is 0 Å². The predicted octanol–water partition coefficient (Wildman–Crippen LogP) is 13.1. The number of rotatable bonds is 4. The Bertz CT molecular complexity index is 2960. The third-order valence-electron chi connectivity index (χ3n) is 14.2. The van der Waals surface area contributed by atoms with E-state index in [9.17, 15) is 0 Å². The van der Waals surface area contributed by atoms with Gasteiger partial charge in [-0.2, -0.15) is 0 Å². The summed E-state index contributed by atoms with van der Waals surface area (Å²) in [5.41, 5.74) is 17.3. The zero-order valence-electron chi connectivity index (χ0n) is 34.1. The minimum atomic E-state index is -0.00910. The minimum Gasteiger partial charge on any atom is -0.0842 e. The molecule has 4 atom stereocenters. The summed E-state index contributed by atoms with van der Waals surface area (Å²) in [6.45, 7) is 4.83. The molecule has 0 nitrogen and oxygen atoms in total. The molecule has 0 radical (unpaired) electrons. The normalized spacial score (nSPS) is 24.8. The molecule has 59 heavy (non-hydrogen) atoms. The van der Waals surface area contributed by atoms with Gasteiger partial charge in [0.1, 0.15) is 0 Å². The molecule has 0 aromatic heterocycles. The lowest BCUT2D eigenvalue weighted by atomic mass is 9.68. The van der Waals surface area contributed by atoms with Crippen molar-refractivity contribution in [2.24, 2.45) is 23.7 Å². The second-order valence-electron chi connectivity index (χ2n) is 17.6. The molecular formula is C59H50. The van der Waals surface area contributed by atoms with Crippen LogP contribution >= 0.6 is 0 Å². The highest BCUT2D eigenvalue weighted by atomic mass is 14.4. The third kappa shape index (κ3) is 5.87. The zero-order valence-corrected chi connectivity index (χ0v) is 34.1. The van der Waals surface area contributed by atoms with Crippen LogP contribution < -0.4 is 10.4 Å². The molecule has 4 aromatic rings. The summed E-state index contributed by atoms with van der Waals surface area (Å²) in [6.07, 6.45) is 46.4. The first-order valence-corrected chi connectivity index (χ1v) is 21.8. The average Bonchev–Trinajstić information content (AvgIpc) is 3.52. The summed E-state index contributed by atoms with van der Waals surface area (Å²) in [6, 6.07) is 32.4. The zero-order chi connectivity index (χ0) is 39.5. The van der Waals surface area contributed by atoms with Crippen molar-refractivity contribution in [2.75, 3.05) is 0 Å². The molecule has 0 N–H and O–H groups in total. The number of allylic oxidation sites excluding steroid dienone is 24. The average molecular weight is 759 g/mol. The van der Waals surface area contributed by atoms with E-state index < -0.39 is 0 Å². The molecule has 4 aromatic carbocycles. The quantitative estimate of drug-likeness (QED) is 0.194. The maximum atomic E-state index is 2.57. The monoisotopic (exact) mass is 758 g/mol. The molecule has 0 bridgehead atoms. The molecule has 0 spiro atoms. The van der Waals surface area contributed by atoms with E-state index in [0.29, 0.717) is 5.92 Å². The highest BCUT2D eigenvalue weighted by molar-refractivity contribution is 6.02. The summed E-state index contributed by atoms with van der Waals surface area (Å²) in [7, 11) is 0. The second-order valence-corrected chi connectivity index (χ2v) is 17.6. The Morgan fingerprint density at radius 3 is 1.81 bits per heavy atom. The Balaban J connectivity index is 1.06. The molecule has 7 aliphatic rings. The maximum Gasteiger partial charge on any atom is 0.0155 e. The van der Waals surface area contributed by atoms with Crippen LogP contribution in [0.1, 0.15) is 61.8 Å². The number of hydrogen-bond acceptors (Lipinski definition) is 0. The van der Waals surface area contributed by atoms with Gasteiger partial charge in [-0.15, -0.1) is 0 Å². The van der Waals surface area contributed by atoms with Crippen molar-refractivity contribution in [3.05, 3.63) is 249 Å². The summed E-state index contributed by atoms with van der Waals surface area (Å²) in [4.78, 5) is 0. The van der Waals surface area contributed by atoms with E-state index in [4.69, 9.17) is 0 Å². The van der Waals surface area contributed by atoms with Gasteiger partial charge in [0.15, 0.2) is 0 Å². The first kappa shape index (κ1) is 35.9. The molecule has 0 heteroatoms. The fourth-order valence-electron chi connectivity index (χ4n) is 11.5. The van der Waals surface area contributed by atoms with Gasteiger partial charge in [0, 0.05) is 29.1 Å². The van der Waals surface area contributed by atoms with Crippen molar-refractivity contribution >= 4 is 33.1 Å². The van der Waals surface area contributed by atoms with Gasteiger partial charge in [-0.3, -0.25) is 0 Å². The van der Waals surface area contributed by atoms with Crippen molar-refractivity contribution < 1.29 is 0 Å². The standard InChI is InChI=1S/C59H50/c1-59(2)55-33-19-18-28-48(55)49-35-34-40(38-56(49)59)41-22-8-3-4-9-23-44(43-25-11-10-24-42(41)43)47-36-37-54(46-27-13-12-26-45(46)47)58-52-31-16-14-29-50(52)57(39-20-6-5-7-21-39)51-30-15-17-32-53(51)58/h3-6,8-20,22-33,36-38,42-43,50,52H,7,21,34-35H2,1-2H3. The van der Waals surface area contributed by atoms with Gasteiger partial charge in [-0.05, 0) is 114 Å². The van der Waals surface area contributed by atoms with Gasteiger partial charge in [0.25, 0.3) is 0 Å². The Labute approximate surface area is 349 Å². The summed E-state index contributed by atoms with van der Waals surface area (Å²) >= 11 is 0. The van der Waals surface area contributed by atoms with Gasteiger partial charge in [-0.1, -0.05) is 208 Å². The lowest BCUT2D eigenvalue weighted by Gasteiger charge is -2.35. The number of benzene rings is 4. The highest BCUT2D eigenvalue weighted by Crippen LogP contribution is 2.53. The molecule has 286 valence electrons. The predicted molar refractivity (Wildman–Crippen MR) is 251 cm³/mol. The largest absolute Gasteiger partial charge is 0.0842 e. The number of fused-ring (bicyclic) bond motifs is 6. The van der Waals surface area contributed by atoms with Crippen molar-refractivity contribution in [3.8, 4) is 0 Å². The van der Waals surface area contributed by atoms with Crippen LogP contribution in [-0.4, -0.2) is 0 Å². The van der Waals surface area contributed by atoms with Crippen LogP contribution in [-0.2, 0) is 5.41 Å². The van der Waals surface area contributed by atoms with Crippen molar-refractivity contribution in [1.82, 2.24) is 0 Å². The highest BCUT2D eigenvalue weighted by Gasteiger charge is 2.39. The molecule has 0 aliphatic heterocycles. The summed E-state index contributed by atoms with van der Waals surface area (Å²) in [5.74, 6) is 0.943. The second kappa shape index (κ2) is 14.5. The molecule has 0 amide bonds. The van der Waals surface area contributed by atoms with E-state index in [0.717, 1.165) is 25.7 Å². The molecule has 0 heterocycles. The van der Waals surface area contributed by atoms with Crippen LogP contribution in [0.3, 0.4) is 0 Å². The van der Waals surface area contributed by atoms with Gasteiger partial charge in [-0.25, -0.2) is 0 Å². The summed E-state index contributed by atoms with van der Waals surface area (Å²) < 4.78 is 0. The Kier molecular flexibility index (Phi) is 8.85. The van der Waals surface area contributed by atoms with E-state index in [1.54, 1.807) is 0 Å². The van der Waals surface area contributed by atoms with Crippen LogP contribution in [0.4, 0.5) is 0 Å². The van der Waals surface area contributed by atoms with Gasteiger partial charge in [0.2, 0.25) is 0 Å². The fraction of sp³-hybridized carbons (Fsp3) is 0.186. The van der Waals surface area contributed by atoms with E-state index in [1.807, 2.05) is 0 Å². The maximum absolute atomic E-state index is 2.57. The topological polar surface area (TPSA) is 0 Å². The van der Waals surface area contributed by atoms with E-state index >= 15 is 0 Å². The van der Waals surface area contributed by atoms with Gasteiger partial charge in [0.05, 0.1) is 0 Å². The lowest BCUT2D eigenvalue weighted by molar-refractivity contribution is 0.634. The smallest absolute Gasteiger partial charge is 0.0155 e. The van der Waals surface area contributed by atoms with Crippen LogP contribution in [0.15, 0.2) is 217 Å². The minimum absolute atomic E-state index is 0.00910. The third-order valence-corrected chi connectivity index (χ3v) is 14.2. The Hall–Kier alpha value is -6.24. The van der Waals surface area contributed by atoms with Crippen molar-refractivity contribution in [3.63, 3.8) is 0 Å². The van der Waals surface area contributed by atoms with Gasteiger partial charge >= 0.3 is 0 Å². The Morgan fingerprint density at radius 1 is 0.458 bits per heavy atom. The molecule has 11 rings (SSSR count). The molecule has 0 saturated carbocycles. The molecule has 0 saturated heterocycles. The Morgan fingerprint density at radius 2 is 1.07 bits per heavy atom. The van der Waals surface area contributed by atoms with Crippen LogP contribution in [0.5, 0.6) is 0 Å². The van der Waals surface area contributed by atoms with Gasteiger partial charge < -0.3 is 0 Å². The SMILES string of the molecule is CC1(C)C2=C(CCC(C3=CC=CC=CC=C(c4ccc(C5=c6ccccc6=C(C6=CC=CCC6)C6C=CC=CC56)c5ccccc45)C4C=CC=CC34)=C2)c2ccccc21. The first-order valence-electron chi connectivity index (χ1n) is 21.8. The first-order chi connectivity index (χ1) is 29.1. The fourth-order valence-corrected chi connectivity index (χ4v) is 11.5. The van der Waals surface area contributed by atoms with Crippen LogP contribution in [0.25, 0.3) is 33.1 Å². The van der Waals surface area contributed by atoms with Crippen LogP contribution in [0, 0.1) is 23.7 Å². The lowest BCUT2D eigenvalue weighted by Crippen LogP contribution is -2.40. The van der Waals surface area contributed by atoms with Crippen molar-refractivity contribution in [2.45, 2.75) is 44.9 Å². The molecular weight excluding hydrogens is 709 g/mol. The van der Waals surface area contributed by atoms with Crippen molar-refractivity contribution in [1.29, 1.82) is 0 Å². The molecule has 7 aliphatic carbocycles. The molecule has 0 fully saturated rings. The molecule has 4 unspecified atom stereocenters. The van der Waals surface area contributed by atoms with E-state index in [2.05, 4.69) is 208 Å². The van der Waals surface area contributed by atoms with E-state index in [-0.39, 0.29) is 23.2 Å². The number of hydrogen-bond donors (Lipinski definition) is 0. The van der Waals surface area contributed by atoms with E-state index in [1.165, 1.54) is 88.0 Å².